The van der Waals surface area contributed by atoms with Crippen molar-refractivity contribution in [3.8, 4) is 0 Å². The lowest BCUT2D eigenvalue weighted by Gasteiger charge is -2.26. The van der Waals surface area contributed by atoms with Crippen molar-refractivity contribution in [3.63, 3.8) is 0 Å². The average Bonchev–Trinajstić information content (AvgIpc) is 2.74. The van der Waals surface area contributed by atoms with Gasteiger partial charge >= 0.3 is 6.03 Å². The van der Waals surface area contributed by atoms with E-state index in [0.717, 1.165) is 6.42 Å². The molecule has 1 aliphatic rings. The van der Waals surface area contributed by atoms with Gasteiger partial charge in [-0.2, -0.15) is 0 Å². The van der Waals surface area contributed by atoms with Crippen LogP contribution in [0.3, 0.4) is 0 Å². The van der Waals surface area contributed by atoms with Gasteiger partial charge in [0.15, 0.2) is 0 Å². The molecule has 2 N–H and O–H groups in total. The van der Waals surface area contributed by atoms with Crippen molar-refractivity contribution in [2.24, 2.45) is 5.92 Å². The number of urea groups is 1. The van der Waals surface area contributed by atoms with Crippen molar-refractivity contribution < 1.29 is 14.4 Å². The number of pyridine rings is 1. The second-order valence-corrected chi connectivity index (χ2v) is 7.15. The van der Waals surface area contributed by atoms with E-state index in [1.54, 1.807) is 41.4 Å². The Hall–Kier alpha value is -2.64. The number of nitrogens with zero attached hydrogens (tertiary/aromatic N) is 3. The minimum absolute atomic E-state index is 0.0486. The summed E-state index contributed by atoms with van der Waals surface area (Å²) in [6, 6.07) is 3.01. The zero-order valence-corrected chi connectivity index (χ0v) is 17.0. The van der Waals surface area contributed by atoms with Crippen LogP contribution in [0.5, 0.6) is 0 Å². The smallest absolute Gasteiger partial charge is 0.319 e. The van der Waals surface area contributed by atoms with E-state index < -0.39 is 0 Å². The van der Waals surface area contributed by atoms with Crippen LogP contribution in [0.4, 0.5) is 10.5 Å². The summed E-state index contributed by atoms with van der Waals surface area (Å²) in [7, 11) is 1.72. The van der Waals surface area contributed by atoms with Gasteiger partial charge in [0.05, 0.1) is 11.9 Å². The maximum absolute atomic E-state index is 12.7. The van der Waals surface area contributed by atoms with Gasteiger partial charge in [-0.1, -0.05) is 6.42 Å². The molecule has 8 heteroatoms. The van der Waals surface area contributed by atoms with E-state index in [1.165, 1.54) is 0 Å². The Morgan fingerprint density at radius 3 is 2.68 bits per heavy atom. The van der Waals surface area contributed by atoms with E-state index in [9.17, 15) is 14.4 Å². The zero-order chi connectivity index (χ0) is 20.5. The quantitative estimate of drug-likeness (QED) is 0.806. The molecule has 2 unspecified atom stereocenters. The molecule has 0 spiro atoms. The van der Waals surface area contributed by atoms with Gasteiger partial charge in [0.2, 0.25) is 11.8 Å². The van der Waals surface area contributed by atoms with Crippen LogP contribution in [0.1, 0.15) is 39.5 Å². The number of amides is 4. The van der Waals surface area contributed by atoms with Crippen molar-refractivity contribution >= 4 is 23.5 Å². The van der Waals surface area contributed by atoms with Crippen LogP contribution in [0.15, 0.2) is 24.5 Å². The first-order valence-electron chi connectivity index (χ1n) is 9.94. The normalized spacial score (nSPS) is 20.5. The summed E-state index contributed by atoms with van der Waals surface area (Å²) in [6.45, 7) is 5.62. The van der Waals surface area contributed by atoms with Crippen molar-refractivity contribution in [1.82, 2.24) is 20.1 Å². The lowest BCUT2D eigenvalue weighted by molar-refractivity contribution is -0.140. The van der Waals surface area contributed by atoms with Crippen LogP contribution < -0.4 is 10.6 Å². The Morgan fingerprint density at radius 1 is 1.29 bits per heavy atom. The van der Waals surface area contributed by atoms with Crippen LogP contribution in [0, 0.1) is 5.92 Å². The van der Waals surface area contributed by atoms with Gasteiger partial charge in [-0.05, 0) is 38.8 Å². The Labute approximate surface area is 166 Å². The van der Waals surface area contributed by atoms with Crippen LogP contribution in [-0.2, 0) is 9.59 Å². The van der Waals surface area contributed by atoms with E-state index in [4.69, 9.17) is 0 Å². The Kier molecular flexibility index (Phi) is 8.22. The summed E-state index contributed by atoms with van der Waals surface area (Å²) in [5.41, 5.74) is 0.609. The highest BCUT2D eigenvalue weighted by molar-refractivity contribution is 5.89. The van der Waals surface area contributed by atoms with Gasteiger partial charge in [-0.15, -0.1) is 0 Å². The third-order valence-electron chi connectivity index (χ3n) is 5.13. The monoisotopic (exact) mass is 389 g/mol. The first kappa shape index (κ1) is 21.7. The molecule has 0 radical (unpaired) electrons. The first-order chi connectivity index (χ1) is 13.4. The molecule has 28 heavy (non-hydrogen) atoms. The fourth-order valence-corrected chi connectivity index (χ4v) is 3.51. The van der Waals surface area contributed by atoms with Crippen molar-refractivity contribution in [2.45, 2.75) is 45.6 Å². The number of rotatable bonds is 5. The molecule has 0 bridgehead atoms. The van der Waals surface area contributed by atoms with E-state index in [0.29, 0.717) is 38.2 Å². The van der Waals surface area contributed by atoms with Crippen LogP contribution in [0.25, 0.3) is 0 Å². The highest BCUT2D eigenvalue weighted by Crippen LogP contribution is 2.21. The molecule has 1 aliphatic heterocycles. The van der Waals surface area contributed by atoms with E-state index in [1.807, 2.05) is 13.8 Å². The molecule has 1 fully saturated rings. The van der Waals surface area contributed by atoms with Crippen molar-refractivity contribution in [2.75, 3.05) is 32.0 Å². The summed E-state index contributed by atoms with van der Waals surface area (Å²) in [5.74, 6) is -0.308. The number of nitrogens with one attached hydrogen (secondary N) is 2. The number of hydrogen-bond donors (Lipinski definition) is 2. The van der Waals surface area contributed by atoms with Crippen LogP contribution in [-0.4, -0.2) is 65.4 Å². The summed E-state index contributed by atoms with van der Waals surface area (Å²) in [6.07, 6.45) is 5.56. The van der Waals surface area contributed by atoms with Gasteiger partial charge < -0.3 is 20.4 Å². The Bertz CT molecular complexity index is 663. The number of likely N-dealkylation sites (N-methyl/N-ethyl adjacent to an activating group) is 1. The van der Waals surface area contributed by atoms with E-state index in [-0.39, 0.29) is 36.2 Å². The lowest BCUT2D eigenvalue weighted by atomic mass is 9.95. The fraction of sp³-hybridized carbons (Fsp3) is 0.600. The molecule has 0 saturated carbocycles. The molecule has 2 rings (SSSR count). The molecule has 1 saturated heterocycles. The summed E-state index contributed by atoms with van der Waals surface area (Å²) in [5, 5.41) is 5.68. The number of aromatic nitrogens is 1. The zero-order valence-electron chi connectivity index (χ0n) is 17.0. The average molecular weight is 390 g/mol. The molecule has 2 atom stereocenters. The maximum Gasteiger partial charge on any atom is 0.319 e. The predicted octanol–water partition coefficient (Wildman–Crippen LogP) is 2.09. The highest BCUT2D eigenvalue weighted by Gasteiger charge is 2.29. The van der Waals surface area contributed by atoms with Gasteiger partial charge in [-0.25, -0.2) is 4.79 Å². The molecular formula is C20H31N5O3. The number of carbonyl (C=O) groups is 3. The SMILES string of the molecule is CCN(CC)C(=O)C1CCCC(NC(=O)Nc2cccnc2)CN(C)C(=O)C1. The van der Waals surface area contributed by atoms with Crippen molar-refractivity contribution in [3.05, 3.63) is 24.5 Å². The molecule has 0 aromatic carbocycles. The topological polar surface area (TPSA) is 94.6 Å². The number of anilines is 1. The second kappa shape index (κ2) is 10.6. The third kappa shape index (κ3) is 6.21. The molecule has 1 aromatic heterocycles. The lowest BCUT2D eigenvalue weighted by Crippen LogP contribution is -2.45. The highest BCUT2D eigenvalue weighted by atomic mass is 16.2. The van der Waals surface area contributed by atoms with Gasteiger partial charge in [0, 0.05) is 51.3 Å². The van der Waals surface area contributed by atoms with Gasteiger partial charge in [-0.3, -0.25) is 14.6 Å². The van der Waals surface area contributed by atoms with E-state index in [2.05, 4.69) is 15.6 Å². The molecular weight excluding hydrogens is 358 g/mol. The third-order valence-corrected chi connectivity index (χ3v) is 5.13. The maximum atomic E-state index is 12.7. The molecule has 154 valence electrons. The predicted molar refractivity (Wildman–Crippen MR) is 108 cm³/mol. The molecule has 4 amide bonds. The Balaban J connectivity index is 1.98. The van der Waals surface area contributed by atoms with Gasteiger partial charge in [0.25, 0.3) is 0 Å². The van der Waals surface area contributed by atoms with Crippen LogP contribution in [0.2, 0.25) is 0 Å². The number of hydrogen-bond acceptors (Lipinski definition) is 4. The minimum atomic E-state index is -0.325. The standard InChI is InChI=1S/C20H31N5O3/c1-4-25(5-2)19(27)15-8-6-9-17(14-24(3)18(26)12-15)23-20(28)22-16-10-7-11-21-13-16/h7,10-11,13,15,17H,4-6,8-9,12,14H2,1-3H3,(H2,22,23,28). The summed E-state index contributed by atoms with van der Waals surface area (Å²) in [4.78, 5) is 44.9. The van der Waals surface area contributed by atoms with Crippen molar-refractivity contribution in [1.29, 1.82) is 0 Å². The molecule has 1 aromatic rings. The summed E-state index contributed by atoms with van der Waals surface area (Å²) < 4.78 is 0. The fourth-order valence-electron chi connectivity index (χ4n) is 3.51. The molecule has 2 heterocycles. The minimum Gasteiger partial charge on any atom is -0.344 e. The summed E-state index contributed by atoms with van der Waals surface area (Å²) >= 11 is 0. The Morgan fingerprint density at radius 2 is 2.04 bits per heavy atom. The first-order valence-corrected chi connectivity index (χ1v) is 9.94. The van der Waals surface area contributed by atoms with E-state index >= 15 is 0 Å². The van der Waals surface area contributed by atoms with Gasteiger partial charge in [0.1, 0.15) is 0 Å². The second-order valence-electron chi connectivity index (χ2n) is 7.15. The largest absolute Gasteiger partial charge is 0.344 e. The van der Waals surface area contributed by atoms with Crippen LogP contribution >= 0.6 is 0 Å². The molecule has 0 aliphatic carbocycles. The number of carbonyl (C=O) groups excluding carboxylic acids is 3. The molecule has 8 nitrogen and oxygen atoms in total.